The fraction of sp³-hybridized carbons (Fsp3) is 0.276. The van der Waals surface area contributed by atoms with Crippen LogP contribution in [0, 0.1) is 6.92 Å². The molecule has 0 saturated carbocycles. The number of amides is 1. The number of hydrogen-bond acceptors (Lipinski definition) is 9. The quantitative estimate of drug-likeness (QED) is 0.136. The molecule has 3 heterocycles. The number of nitrogens with zero attached hydrogens (tertiary/aromatic N) is 4. The van der Waals surface area contributed by atoms with E-state index >= 15 is 0 Å². The Hall–Kier alpha value is -4.03. The van der Waals surface area contributed by atoms with E-state index in [1.165, 1.54) is 26.5 Å². The Kier molecular flexibility index (Phi) is 11.0. The smallest absolute Gasteiger partial charge is 0.409 e. The van der Waals surface area contributed by atoms with Gasteiger partial charge in [0.1, 0.15) is 24.7 Å². The lowest BCUT2D eigenvalue weighted by Crippen LogP contribution is -2.31. The number of carboxylic acid groups (broad SMARTS) is 1. The number of benzene rings is 1. The van der Waals surface area contributed by atoms with Crippen LogP contribution < -0.4 is 4.74 Å². The third-order valence-corrected chi connectivity index (χ3v) is 8.24. The van der Waals surface area contributed by atoms with Gasteiger partial charge in [-0.05, 0) is 55.5 Å². The van der Waals surface area contributed by atoms with Crippen molar-refractivity contribution in [1.29, 1.82) is 0 Å². The molecule has 2 N–H and O–H groups in total. The molecule has 41 heavy (non-hydrogen) atoms. The summed E-state index contributed by atoms with van der Waals surface area (Å²) in [6, 6.07) is 17.5. The number of pyridine rings is 2. The summed E-state index contributed by atoms with van der Waals surface area (Å²) in [7, 11) is 4.59. The second-order valence-corrected chi connectivity index (χ2v) is 11.6. The van der Waals surface area contributed by atoms with Crippen LogP contribution in [-0.4, -0.2) is 80.5 Å². The number of nitrogens with one attached hydrogen (secondary N) is 1. The van der Waals surface area contributed by atoms with E-state index in [4.69, 9.17) is 14.6 Å². The highest BCUT2D eigenvalue weighted by Gasteiger charge is 2.14. The lowest BCUT2D eigenvalue weighted by Gasteiger charge is -2.17. The predicted molar refractivity (Wildman–Crippen MR) is 162 cm³/mol. The molecule has 0 spiro atoms. The maximum absolute atomic E-state index is 12.1. The molecular formula is C29H31N5O5S2. The van der Waals surface area contributed by atoms with Gasteiger partial charge in [0.25, 0.3) is 0 Å². The lowest BCUT2D eigenvalue weighted by atomic mass is 10.0. The number of likely N-dealkylation sites (N-methyl/N-ethyl adjacent to an activating group) is 1. The molecule has 0 aliphatic carbocycles. The molecule has 0 fully saturated rings. The van der Waals surface area contributed by atoms with Crippen LogP contribution in [0.1, 0.15) is 12.1 Å². The van der Waals surface area contributed by atoms with Gasteiger partial charge in [-0.15, -0.1) is 0 Å². The minimum Gasteiger partial charge on any atom is -0.492 e. The van der Waals surface area contributed by atoms with E-state index in [1.807, 2.05) is 67.7 Å². The van der Waals surface area contributed by atoms with Crippen molar-refractivity contribution in [2.24, 2.45) is 0 Å². The van der Waals surface area contributed by atoms with Crippen LogP contribution in [0.15, 0.2) is 67.0 Å². The first-order valence-corrected chi connectivity index (χ1v) is 15.4. The average molecular weight is 594 g/mol. The molecule has 0 aliphatic rings. The molecule has 0 atom stereocenters. The number of carboxylic acids is 1. The Labute approximate surface area is 246 Å². The SMILES string of the molecule is Cc1cccc(-c2c[nH]nc2-c2ccnc(-c3ccc(OCCN(C)C(=O)OCCSSCCC(=O)O)cc3)c2)n1. The van der Waals surface area contributed by atoms with Gasteiger partial charge in [0.15, 0.2) is 0 Å². The van der Waals surface area contributed by atoms with Crippen molar-refractivity contribution in [1.82, 2.24) is 25.1 Å². The molecule has 1 amide bonds. The zero-order chi connectivity index (χ0) is 29.0. The minimum atomic E-state index is -0.816. The molecule has 10 nitrogen and oxygen atoms in total. The zero-order valence-electron chi connectivity index (χ0n) is 22.8. The van der Waals surface area contributed by atoms with Crippen LogP contribution in [0.2, 0.25) is 0 Å². The van der Waals surface area contributed by atoms with E-state index in [0.29, 0.717) is 30.4 Å². The lowest BCUT2D eigenvalue weighted by molar-refractivity contribution is -0.136. The largest absolute Gasteiger partial charge is 0.492 e. The van der Waals surface area contributed by atoms with Gasteiger partial charge < -0.3 is 19.5 Å². The maximum Gasteiger partial charge on any atom is 0.409 e. The van der Waals surface area contributed by atoms with E-state index < -0.39 is 12.1 Å². The molecule has 3 aromatic heterocycles. The zero-order valence-corrected chi connectivity index (χ0v) is 24.4. The molecule has 0 unspecified atom stereocenters. The molecule has 4 aromatic rings. The fourth-order valence-corrected chi connectivity index (χ4v) is 5.57. The van der Waals surface area contributed by atoms with Gasteiger partial charge in [-0.25, -0.2) is 4.79 Å². The van der Waals surface area contributed by atoms with Gasteiger partial charge in [-0.3, -0.25) is 19.9 Å². The summed E-state index contributed by atoms with van der Waals surface area (Å²) in [4.78, 5) is 33.3. The molecule has 0 saturated heterocycles. The average Bonchev–Trinajstić information content (AvgIpc) is 3.47. The summed E-state index contributed by atoms with van der Waals surface area (Å²) < 4.78 is 11.1. The van der Waals surface area contributed by atoms with Crippen molar-refractivity contribution in [2.75, 3.05) is 38.3 Å². The summed E-state index contributed by atoms with van der Waals surface area (Å²) in [5.41, 5.74) is 6.20. The van der Waals surface area contributed by atoms with Crippen LogP contribution in [0.4, 0.5) is 4.79 Å². The van der Waals surface area contributed by atoms with Gasteiger partial charge in [0.05, 0.1) is 24.4 Å². The van der Waals surface area contributed by atoms with Gasteiger partial charge >= 0.3 is 12.1 Å². The molecule has 4 rings (SSSR count). The van der Waals surface area contributed by atoms with Crippen LogP contribution in [0.25, 0.3) is 33.8 Å². The Balaban J connectivity index is 1.25. The highest BCUT2D eigenvalue weighted by atomic mass is 33.1. The van der Waals surface area contributed by atoms with E-state index in [2.05, 4.69) is 20.2 Å². The standard InChI is InChI=1S/C29H31N5O5S2/c1-20-4-3-5-25(32-20)24-19-31-33-28(24)22-10-12-30-26(18-22)21-6-8-23(9-7-21)38-14-13-34(2)29(37)39-15-17-41-40-16-11-27(35)36/h3-10,12,18-19H,11,13-17H2,1-2H3,(H,31,33)(H,35,36). The summed E-state index contributed by atoms with van der Waals surface area (Å²) in [6.07, 6.45) is 3.31. The normalized spacial score (nSPS) is 10.8. The van der Waals surface area contributed by atoms with Crippen molar-refractivity contribution in [3.05, 3.63) is 72.7 Å². The van der Waals surface area contributed by atoms with Gasteiger partial charge in [0, 0.05) is 53.3 Å². The molecule has 12 heteroatoms. The van der Waals surface area contributed by atoms with Crippen LogP contribution in [0.3, 0.4) is 0 Å². The van der Waals surface area contributed by atoms with Gasteiger partial charge in [0.2, 0.25) is 0 Å². The number of ether oxygens (including phenoxy) is 2. The number of carbonyl (C=O) groups excluding carboxylic acids is 1. The summed E-state index contributed by atoms with van der Waals surface area (Å²) in [6.45, 7) is 2.90. The number of aliphatic carboxylic acids is 1. The molecule has 0 aliphatic heterocycles. The highest BCUT2D eigenvalue weighted by Crippen LogP contribution is 2.31. The first kappa shape index (κ1) is 29.9. The molecule has 0 bridgehead atoms. The van der Waals surface area contributed by atoms with E-state index in [9.17, 15) is 9.59 Å². The monoisotopic (exact) mass is 593 g/mol. The molecule has 1 aromatic carbocycles. The highest BCUT2D eigenvalue weighted by molar-refractivity contribution is 8.76. The van der Waals surface area contributed by atoms with Crippen LogP contribution in [0.5, 0.6) is 5.75 Å². The minimum absolute atomic E-state index is 0.118. The van der Waals surface area contributed by atoms with Crippen LogP contribution in [-0.2, 0) is 9.53 Å². The number of aromatic amines is 1. The Morgan fingerprint density at radius 1 is 1.00 bits per heavy atom. The first-order chi connectivity index (χ1) is 19.9. The second-order valence-electron chi connectivity index (χ2n) is 8.94. The second kappa shape index (κ2) is 15.1. The fourth-order valence-electron chi connectivity index (χ4n) is 3.77. The number of H-pyrrole nitrogens is 1. The van der Waals surface area contributed by atoms with Crippen molar-refractivity contribution in [3.8, 4) is 39.5 Å². The summed E-state index contributed by atoms with van der Waals surface area (Å²) >= 11 is 0. The topological polar surface area (TPSA) is 131 Å². The maximum atomic E-state index is 12.1. The first-order valence-electron chi connectivity index (χ1n) is 12.9. The van der Waals surface area contributed by atoms with Crippen molar-refractivity contribution < 1.29 is 24.2 Å². The number of aryl methyl sites for hydroxylation is 1. The van der Waals surface area contributed by atoms with E-state index in [-0.39, 0.29) is 13.0 Å². The van der Waals surface area contributed by atoms with Crippen molar-refractivity contribution in [2.45, 2.75) is 13.3 Å². The predicted octanol–water partition coefficient (Wildman–Crippen LogP) is 5.81. The van der Waals surface area contributed by atoms with Crippen molar-refractivity contribution in [3.63, 3.8) is 0 Å². The molecule has 0 radical (unpaired) electrons. The number of aromatic nitrogens is 4. The third kappa shape index (κ3) is 8.98. The van der Waals surface area contributed by atoms with Gasteiger partial charge in [-0.2, -0.15) is 5.10 Å². The molecule has 214 valence electrons. The summed E-state index contributed by atoms with van der Waals surface area (Å²) in [5.74, 6) is 0.981. The Morgan fingerprint density at radius 3 is 2.59 bits per heavy atom. The van der Waals surface area contributed by atoms with Crippen molar-refractivity contribution >= 4 is 33.7 Å². The number of carbonyl (C=O) groups is 2. The third-order valence-electron chi connectivity index (χ3n) is 5.87. The number of hydrogen-bond donors (Lipinski definition) is 2. The number of rotatable bonds is 14. The van der Waals surface area contributed by atoms with Crippen LogP contribution >= 0.6 is 21.6 Å². The Morgan fingerprint density at radius 2 is 1.80 bits per heavy atom. The van der Waals surface area contributed by atoms with Gasteiger partial charge in [-0.1, -0.05) is 27.7 Å². The Bertz CT molecular complexity index is 1450. The summed E-state index contributed by atoms with van der Waals surface area (Å²) in [5, 5.41) is 16.1. The van der Waals surface area contributed by atoms with E-state index in [1.54, 1.807) is 13.2 Å². The van der Waals surface area contributed by atoms with E-state index in [0.717, 1.165) is 39.5 Å². The molecular weight excluding hydrogens is 562 g/mol.